The predicted octanol–water partition coefficient (Wildman–Crippen LogP) is 5.52. The summed E-state index contributed by atoms with van der Waals surface area (Å²) < 4.78 is 16.5. The molecule has 0 bridgehead atoms. The minimum absolute atomic E-state index is 0.227. The maximum absolute atomic E-state index is 12.6. The van der Waals surface area contributed by atoms with Gasteiger partial charge in [0.05, 0.1) is 11.3 Å². The Morgan fingerprint density at radius 3 is 2.39 bits per heavy atom. The molecule has 31 heavy (non-hydrogen) atoms. The molecule has 1 N–H and O–H groups in total. The zero-order valence-electron chi connectivity index (χ0n) is 16.4. The molecule has 3 aromatic carbocycles. The van der Waals surface area contributed by atoms with Gasteiger partial charge < -0.3 is 19.5 Å². The number of hydrogen-bond donors (Lipinski definition) is 1. The van der Waals surface area contributed by atoms with Crippen LogP contribution >= 0.6 is 0 Å². The lowest BCUT2D eigenvalue weighted by molar-refractivity contribution is 0.102. The average molecular weight is 410 g/mol. The topological polar surface area (TPSA) is 69.7 Å². The third-order valence-corrected chi connectivity index (χ3v) is 4.79. The zero-order chi connectivity index (χ0) is 21.0. The summed E-state index contributed by atoms with van der Waals surface area (Å²) in [7, 11) is 0. The molecule has 152 valence electrons. The Hall–Kier alpha value is -4.32. The lowest BCUT2D eigenvalue weighted by Crippen LogP contribution is -2.12. The van der Waals surface area contributed by atoms with E-state index in [1.54, 1.807) is 24.4 Å². The highest BCUT2D eigenvalue weighted by atomic mass is 16.7. The van der Waals surface area contributed by atoms with Gasteiger partial charge in [-0.2, -0.15) is 0 Å². The van der Waals surface area contributed by atoms with Crippen LogP contribution in [0.25, 0.3) is 11.3 Å². The summed E-state index contributed by atoms with van der Waals surface area (Å²) in [4.78, 5) is 17.0. The number of rotatable bonds is 5. The number of amides is 1. The average Bonchev–Trinajstić information content (AvgIpc) is 3.29. The fourth-order valence-corrected chi connectivity index (χ4v) is 3.19. The molecule has 6 heteroatoms. The predicted molar refractivity (Wildman–Crippen MR) is 117 cm³/mol. The number of para-hydroxylation sites is 1. The molecule has 1 aromatic heterocycles. The van der Waals surface area contributed by atoms with Crippen molar-refractivity contribution in [3.05, 3.63) is 96.7 Å². The molecular formula is C25H18N2O4. The van der Waals surface area contributed by atoms with Crippen molar-refractivity contribution in [1.82, 2.24) is 4.98 Å². The first-order chi connectivity index (χ1) is 15.2. The fraction of sp³-hybridized carbons (Fsp3) is 0.0400. The van der Waals surface area contributed by atoms with E-state index in [0.29, 0.717) is 22.7 Å². The van der Waals surface area contributed by atoms with Gasteiger partial charge in [-0.3, -0.25) is 9.78 Å². The number of nitrogens with zero attached hydrogens (tertiary/aromatic N) is 1. The first-order valence-corrected chi connectivity index (χ1v) is 9.75. The molecule has 0 aliphatic carbocycles. The van der Waals surface area contributed by atoms with E-state index < -0.39 is 0 Å². The minimum atomic E-state index is -0.235. The van der Waals surface area contributed by atoms with E-state index in [2.05, 4.69) is 10.3 Å². The zero-order valence-corrected chi connectivity index (χ0v) is 16.4. The van der Waals surface area contributed by atoms with Crippen molar-refractivity contribution < 1.29 is 19.0 Å². The number of benzene rings is 3. The molecule has 0 atom stereocenters. The Morgan fingerprint density at radius 1 is 0.839 bits per heavy atom. The summed E-state index contributed by atoms with van der Waals surface area (Å²) in [5.41, 5.74) is 2.78. The number of ether oxygens (including phenoxy) is 3. The highest BCUT2D eigenvalue weighted by Gasteiger charge is 2.15. The Bertz CT molecular complexity index is 1210. The van der Waals surface area contributed by atoms with Gasteiger partial charge in [0.1, 0.15) is 11.5 Å². The van der Waals surface area contributed by atoms with Crippen LogP contribution in [0.4, 0.5) is 5.69 Å². The third kappa shape index (κ3) is 4.18. The van der Waals surface area contributed by atoms with Crippen LogP contribution < -0.4 is 19.5 Å². The van der Waals surface area contributed by atoms with Crippen molar-refractivity contribution in [2.24, 2.45) is 0 Å². The second-order valence-corrected chi connectivity index (χ2v) is 6.89. The summed E-state index contributed by atoms with van der Waals surface area (Å²) in [6.07, 6.45) is 1.56. The minimum Gasteiger partial charge on any atom is -0.457 e. The molecule has 1 aliphatic heterocycles. The molecule has 5 rings (SSSR count). The first-order valence-electron chi connectivity index (χ1n) is 9.75. The van der Waals surface area contributed by atoms with Crippen molar-refractivity contribution in [3.63, 3.8) is 0 Å². The molecule has 0 saturated carbocycles. The van der Waals surface area contributed by atoms with E-state index in [1.165, 1.54) is 0 Å². The highest BCUT2D eigenvalue weighted by molar-refractivity contribution is 6.04. The molecule has 1 amide bonds. The molecule has 0 spiro atoms. The Balaban J connectivity index is 1.24. The second kappa shape index (κ2) is 8.20. The summed E-state index contributed by atoms with van der Waals surface area (Å²) in [5.74, 6) is 2.63. The van der Waals surface area contributed by atoms with E-state index in [0.717, 1.165) is 22.8 Å². The van der Waals surface area contributed by atoms with Crippen LogP contribution in [0.15, 0.2) is 91.1 Å². The third-order valence-electron chi connectivity index (χ3n) is 4.79. The van der Waals surface area contributed by atoms with Crippen LogP contribution in [0.5, 0.6) is 23.0 Å². The molecule has 2 heterocycles. The normalized spacial score (nSPS) is 11.7. The number of nitrogens with one attached hydrogen (secondary N) is 1. The largest absolute Gasteiger partial charge is 0.457 e. The van der Waals surface area contributed by atoms with Crippen LogP contribution in [-0.2, 0) is 0 Å². The number of hydrogen-bond acceptors (Lipinski definition) is 5. The van der Waals surface area contributed by atoms with Crippen molar-refractivity contribution in [3.8, 4) is 34.3 Å². The second-order valence-electron chi connectivity index (χ2n) is 6.89. The number of aromatic nitrogens is 1. The number of carbonyl (C=O) groups is 1. The van der Waals surface area contributed by atoms with Crippen LogP contribution in [-0.4, -0.2) is 17.7 Å². The summed E-state index contributed by atoms with van der Waals surface area (Å²) in [6, 6.07) is 25.9. The monoisotopic (exact) mass is 410 g/mol. The fourth-order valence-electron chi connectivity index (χ4n) is 3.19. The Morgan fingerprint density at radius 2 is 1.61 bits per heavy atom. The van der Waals surface area contributed by atoms with Crippen molar-refractivity contribution >= 4 is 11.6 Å². The standard InChI is InChI=1S/C25H18N2O4/c28-25(27-19-8-10-21(11-9-19)31-20-4-2-1-3-5-20)18-6-12-22(26-15-18)17-7-13-23-24(14-17)30-16-29-23/h1-15H,16H2,(H,27,28). The molecule has 0 fully saturated rings. The molecule has 0 saturated heterocycles. The van der Waals surface area contributed by atoms with E-state index in [-0.39, 0.29) is 12.7 Å². The number of fused-ring (bicyclic) bond motifs is 1. The van der Waals surface area contributed by atoms with Crippen LogP contribution in [0.1, 0.15) is 10.4 Å². The van der Waals surface area contributed by atoms with Crippen LogP contribution in [0.2, 0.25) is 0 Å². The number of anilines is 1. The smallest absolute Gasteiger partial charge is 0.257 e. The van der Waals surface area contributed by atoms with Crippen molar-refractivity contribution in [1.29, 1.82) is 0 Å². The molecule has 6 nitrogen and oxygen atoms in total. The van der Waals surface area contributed by atoms with Gasteiger partial charge >= 0.3 is 0 Å². The van der Waals surface area contributed by atoms with Gasteiger partial charge in [-0.05, 0) is 66.7 Å². The maximum Gasteiger partial charge on any atom is 0.257 e. The maximum atomic E-state index is 12.6. The highest BCUT2D eigenvalue weighted by Crippen LogP contribution is 2.35. The van der Waals surface area contributed by atoms with Gasteiger partial charge in [0.15, 0.2) is 11.5 Å². The molecular weight excluding hydrogens is 392 g/mol. The van der Waals surface area contributed by atoms with Crippen molar-refractivity contribution in [2.45, 2.75) is 0 Å². The number of carbonyl (C=O) groups excluding carboxylic acids is 1. The quantitative estimate of drug-likeness (QED) is 0.469. The molecule has 0 radical (unpaired) electrons. The van der Waals surface area contributed by atoms with Gasteiger partial charge in [0, 0.05) is 17.4 Å². The number of pyridine rings is 1. The van der Waals surface area contributed by atoms with Gasteiger partial charge in [-0.25, -0.2) is 0 Å². The van der Waals surface area contributed by atoms with E-state index in [4.69, 9.17) is 14.2 Å². The first kappa shape index (κ1) is 18.7. The van der Waals surface area contributed by atoms with E-state index in [9.17, 15) is 4.79 Å². The Kier molecular flexibility index (Phi) is 4.94. The lowest BCUT2D eigenvalue weighted by Gasteiger charge is -2.08. The van der Waals surface area contributed by atoms with Gasteiger partial charge in [-0.1, -0.05) is 18.2 Å². The van der Waals surface area contributed by atoms with E-state index >= 15 is 0 Å². The van der Waals surface area contributed by atoms with Gasteiger partial charge in [0.25, 0.3) is 5.91 Å². The van der Waals surface area contributed by atoms with Gasteiger partial charge in [0.2, 0.25) is 6.79 Å². The lowest BCUT2D eigenvalue weighted by atomic mass is 10.1. The Labute approximate surface area is 179 Å². The molecule has 1 aliphatic rings. The van der Waals surface area contributed by atoms with Gasteiger partial charge in [-0.15, -0.1) is 0 Å². The summed E-state index contributed by atoms with van der Waals surface area (Å²) in [5, 5.41) is 2.87. The molecule has 0 unspecified atom stereocenters. The van der Waals surface area contributed by atoms with E-state index in [1.807, 2.05) is 66.7 Å². The summed E-state index contributed by atoms with van der Waals surface area (Å²) >= 11 is 0. The SMILES string of the molecule is O=C(Nc1ccc(Oc2ccccc2)cc1)c1ccc(-c2ccc3c(c2)OCO3)nc1. The van der Waals surface area contributed by atoms with Crippen LogP contribution in [0.3, 0.4) is 0 Å². The van der Waals surface area contributed by atoms with Crippen LogP contribution in [0, 0.1) is 0 Å². The summed E-state index contributed by atoms with van der Waals surface area (Å²) in [6.45, 7) is 0.227. The molecule has 4 aromatic rings. The van der Waals surface area contributed by atoms with Crippen molar-refractivity contribution in [2.75, 3.05) is 12.1 Å².